The first-order valence-electron chi connectivity index (χ1n) is 7.23. The molecule has 110 valence electrons. The van der Waals surface area contributed by atoms with Crippen molar-refractivity contribution < 1.29 is 9.53 Å². The summed E-state index contributed by atoms with van der Waals surface area (Å²) in [4.78, 5) is 12.2. The van der Waals surface area contributed by atoms with E-state index < -0.39 is 0 Å². The quantitative estimate of drug-likeness (QED) is 0.391. The lowest BCUT2D eigenvalue weighted by atomic mass is 10.2. The van der Waals surface area contributed by atoms with Crippen molar-refractivity contribution in [3.8, 4) is 5.75 Å². The average Bonchev–Trinajstić information content (AvgIpc) is 2.54. The molecule has 0 spiro atoms. The highest BCUT2D eigenvalue weighted by Gasteiger charge is 2.10. The lowest BCUT2D eigenvalue weighted by Crippen LogP contribution is -1.98. The summed E-state index contributed by atoms with van der Waals surface area (Å²) in [6.45, 7) is 2.68. The van der Waals surface area contributed by atoms with E-state index in [4.69, 9.17) is 4.74 Å². The molecule has 0 unspecified atom stereocenters. The van der Waals surface area contributed by atoms with Crippen molar-refractivity contribution in [3.63, 3.8) is 0 Å². The molecule has 0 saturated carbocycles. The van der Waals surface area contributed by atoms with Crippen molar-refractivity contribution in [3.05, 3.63) is 59.7 Å². The maximum atomic E-state index is 11.2. The van der Waals surface area contributed by atoms with Crippen LogP contribution in [0.2, 0.25) is 0 Å². The number of carbonyl (C=O) groups is 1. The van der Waals surface area contributed by atoms with Gasteiger partial charge in [-0.15, -0.1) is 11.8 Å². The molecule has 0 saturated heterocycles. The Balaban J connectivity index is 2.11. The molecule has 0 heterocycles. The highest BCUT2D eigenvalue weighted by atomic mass is 32.2. The summed E-state index contributed by atoms with van der Waals surface area (Å²) < 4.78 is 5.92. The van der Waals surface area contributed by atoms with Crippen LogP contribution < -0.4 is 4.74 Å². The first-order chi connectivity index (χ1) is 10.3. The van der Waals surface area contributed by atoms with Crippen molar-refractivity contribution in [2.45, 2.75) is 31.3 Å². The number of ether oxygens (including phenoxy) is 1. The molecule has 0 bridgehead atoms. The lowest BCUT2D eigenvalue weighted by molar-refractivity contribution is 0.112. The standard InChI is InChI=1S/C18H20O2S/c1-2-3-12-21-18-16(13-19)10-7-11-17(18)20-14-15-8-5-4-6-9-15/h4-11,13H,2-3,12,14H2,1H3. The van der Waals surface area contributed by atoms with Gasteiger partial charge in [0.1, 0.15) is 12.4 Å². The van der Waals surface area contributed by atoms with Crippen LogP contribution in [0.5, 0.6) is 5.75 Å². The predicted molar refractivity (Wildman–Crippen MR) is 88.2 cm³/mol. The zero-order valence-corrected chi connectivity index (χ0v) is 13.1. The molecule has 0 N–H and O–H groups in total. The van der Waals surface area contributed by atoms with Crippen molar-refractivity contribution >= 4 is 18.0 Å². The van der Waals surface area contributed by atoms with E-state index in [-0.39, 0.29) is 0 Å². The van der Waals surface area contributed by atoms with Crippen LogP contribution in [-0.2, 0) is 6.61 Å². The Morgan fingerprint density at radius 2 is 1.90 bits per heavy atom. The monoisotopic (exact) mass is 300 g/mol. The zero-order valence-electron chi connectivity index (χ0n) is 12.2. The highest BCUT2D eigenvalue weighted by Crippen LogP contribution is 2.33. The van der Waals surface area contributed by atoms with Crippen LogP contribution >= 0.6 is 11.8 Å². The molecule has 2 aromatic carbocycles. The molecule has 2 aromatic rings. The lowest BCUT2D eigenvalue weighted by Gasteiger charge is -2.13. The number of thioether (sulfide) groups is 1. The Kier molecular flexibility index (Phi) is 6.35. The molecule has 0 fully saturated rings. The number of benzene rings is 2. The van der Waals surface area contributed by atoms with Crippen LogP contribution in [0, 0.1) is 0 Å². The second kappa shape index (κ2) is 8.53. The Morgan fingerprint density at radius 1 is 1.10 bits per heavy atom. The van der Waals surface area contributed by atoms with E-state index in [0.29, 0.717) is 12.2 Å². The predicted octanol–water partition coefficient (Wildman–Crippen LogP) is 4.97. The van der Waals surface area contributed by atoms with Crippen molar-refractivity contribution in [1.29, 1.82) is 0 Å². The van der Waals surface area contributed by atoms with Crippen LogP contribution in [0.3, 0.4) is 0 Å². The van der Waals surface area contributed by atoms with Gasteiger partial charge >= 0.3 is 0 Å². The van der Waals surface area contributed by atoms with Crippen LogP contribution in [0.4, 0.5) is 0 Å². The largest absolute Gasteiger partial charge is 0.488 e. The second-order valence-corrected chi connectivity index (χ2v) is 5.87. The van der Waals surface area contributed by atoms with Crippen LogP contribution in [0.25, 0.3) is 0 Å². The second-order valence-electron chi connectivity index (χ2n) is 4.77. The maximum Gasteiger partial charge on any atom is 0.151 e. The number of rotatable bonds is 8. The fourth-order valence-electron chi connectivity index (χ4n) is 1.95. The molecular formula is C18H20O2S. The first-order valence-corrected chi connectivity index (χ1v) is 8.21. The fraction of sp³-hybridized carbons (Fsp3) is 0.278. The molecule has 2 nitrogen and oxygen atoms in total. The molecule has 2 rings (SSSR count). The Labute approximate surface area is 130 Å². The number of hydrogen-bond acceptors (Lipinski definition) is 3. The summed E-state index contributed by atoms with van der Waals surface area (Å²) >= 11 is 1.70. The van der Waals surface area contributed by atoms with Gasteiger partial charge in [-0.2, -0.15) is 0 Å². The Hall–Kier alpha value is -1.74. The molecule has 0 aliphatic heterocycles. The number of unbranched alkanes of at least 4 members (excludes halogenated alkanes) is 1. The van der Waals surface area contributed by atoms with Gasteiger partial charge in [-0.05, 0) is 23.8 Å². The van der Waals surface area contributed by atoms with E-state index in [9.17, 15) is 4.79 Å². The summed E-state index contributed by atoms with van der Waals surface area (Å²) in [5, 5.41) is 0. The van der Waals surface area contributed by atoms with Crippen LogP contribution in [0.15, 0.2) is 53.4 Å². The van der Waals surface area contributed by atoms with Gasteiger partial charge in [0.15, 0.2) is 6.29 Å². The van der Waals surface area contributed by atoms with Crippen molar-refractivity contribution in [1.82, 2.24) is 0 Å². The summed E-state index contributed by atoms with van der Waals surface area (Å²) in [5.41, 5.74) is 1.83. The van der Waals surface area contributed by atoms with Crippen molar-refractivity contribution in [2.24, 2.45) is 0 Å². The topological polar surface area (TPSA) is 26.3 Å². The van der Waals surface area contributed by atoms with Gasteiger partial charge in [0.2, 0.25) is 0 Å². The number of carbonyl (C=O) groups excluding carboxylic acids is 1. The summed E-state index contributed by atoms with van der Waals surface area (Å²) in [6, 6.07) is 15.7. The average molecular weight is 300 g/mol. The van der Waals surface area contributed by atoms with Crippen molar-refractivity contribution in [2.75, 3.05) is 5.75 Å². The summed E-state index contributed by atoms with van der Waals surface area (Å²) in [5.74, 6) is 1.80. The number of aldehydes is 1. The summed E-state index contributed by atoms with van der Waals surface area (Å²) in [6.07, 6.45) is 3.19. The third-order valence-corrected chi connectivity index (χ3v) is 4.34. The van der Waals surface area contributed by atoms with E-state index in [0.717, 1.165) is 41.1 Å². The van der Waals surface area contributed by atoms with Crippen LogP contribution in [-0.4, -0.2) is 12.0 Å². The van der Waals surface area contributed by atoms with Gasteiger partial charge < -0.3 is 4.74 Å². The van der Waals surface area contributed by atoms with Gasteiger partial charge in [0.25, 0.3) is 0 Å². The van der Waals surface area contributed by atoms with Gasteiger partial charge in [-0.25, -0.2) is 0 Å². The summed E-state index contributed by atoms with van der Waals surface area (Å²) in [7, 11) is 0. The molecule has 0 aliphatic rings. The molecular weight excluding hydrogens is 280 g/mol. The Bertz CT molecular complexity index is 567. The van der Waals surface area contributed by atoms with E-state index in [1.54, 1.807) is 11.8 Å². The van der Waals surface area contributed by atoms with E-state index >= 15 is 0 Å². The minimum Gasteiger partial charge on any atom is -0.488 e. The molecule has 0 radical (unpaired) electrons. The molecule has 0 atom stereocenters. The highest BCUT2D eigenvalue weighted by molar-refractivity contribution is 7.99. The van der Waals surface area contributed by atoms with Gasteiger partial charge in [-0.1, -0.05) is 55.8 Å². The Morgan fingerprint density at radius 3 is 2.62 bits per heavy atom. The minimum atomic E-state index is 0.518. The third kappa shape index (κ3) is 4.64. The molecule has 0 aliphatic carbocycles. The van der Waals surface area contributed by atoms with E-state index in [1.165, 1.54) is 0 Å². The normalized spacial score (nSPS) is 10.3. The number of hydrogen-bond donors (Lipinski definition) is 0. The van der Waals surface area contributed by atoms with E-state index in [1.807, 2.05) is 48.5 Å². The van der Waals surface area contributed by atoms with E-state index in [2.05, 4.69) is 6.92 Å². The molecule has 21 heavy (non-hydrogen) atoms. The molecule has 0 amide bonds. The SMILES string of the molecule is CCCCSc1c(C=O)cccc1OCc1ccccc1. The molecule has 3 heteroatoms. The fourth-order valence-corrected chi connectivity index (χ4v) is 3.14. The smallest absolute Gasteiger partial charge is 0.151 e. The first kappa shape index (κ1) is 15.6. The van der Waals surface area contributed by atoms with Gasteiger partial charge in [-0.3, -0.25) is 4.79 Å². The van der Waals surface area contributed by atoms with Gasteiger partial charge in [0.05, 0.1) is 4.90 Å². The van der Waals surface area contributed by atoms with Crippen LogP contribution in [0.1, 0.15) is 35.7 Å². The zero-order chi connectivity index (χ0) is 14.9. The van der Waals surface area contributed by atoms with Gasteiger partial charge in [0, 0.05) is 5.56 Å². The minimum absolute atomic E-state index is 0.518. The third-order valence-electron chi connectivity index (χ3n) is 3.12. The molecule has 0 aromatic heterocycles. The maximum absolute atomic E-state index is 11.2.